The first-order chi connectivity index (χ1) is 8.81. The number of thiazole rings is 1. The third-order valence-corrected chi connectivity index (χ3v) is 3.87. The molecule has 4 nitrogen and oxygen atoms in total. The summed E-state index contributed by atoms with van der Waals surface area (Å²) in [6.07, 6.45) is 3.00. The monoisotopic (exact) mass is 259 g/mol. The van der Waals surface area contributed by atoms with Gasteiger partial charge in [-0.05, 0) is 25.0 Å². The fraction of sp³-hybridized carbons (Fsp3) is 0.308. The highest BCUT2D eigenvalue weighted by Crippen LogP contribution is 2.25. The highest BCUT2D eigenvalue weighted by Gasteiger charge is 2.14. The summed E-state index contributed by atoms with van der Waals surface area (Å²) < 4.78 is 1.14. The predicted molar refractivity (Wildman–Crippen MR) is 74.2 cm³/mol. The van der Waals surface area contributed by atoms with Crippen molar-refractivity contribution in [1.29, 1.82) is 0 Å². The van der Waals surface area contributed by atoms with Crippen molar-refractivity contribution in [3.8, 4) is 0 Å². The van der Waals surface area contributed by atoms with E-state index in [1.54, 1.807) is 11.3 Å². The molecule has 1 saturated carbocycles. The van der Waals surface area contributed by atoms with Crippen molar-refractivity contribution in [2.75, 3.05) is 5.43 Å². The van der Waals surface area contributed by atoms with Crippen LogP contribution in [0.25, 0.3) is 10.2 Å². The van der Waals surface area contributed by atoms with Crippen molar-refractivity contribution in [3.63, 3.8) is 0 Å². The predicted octanol–water partition coefficient (Wildman–Crippen LogP) is 3.21. The standard InChI is InChI=1S/C13H13N3OS/c17-10-5-3-4-9(8-10)15-16-13-14-11-6-1-2-7-12(11)18-13/h1-2,6-7H,3-5,8H2,(H,14,16)/b15-9+. The molecule has 18 heavy (non-hydrogen) atoms. The van der Waals surface area contributed by atoms with Gasteiger partial charge in [0.05, 0.1) is 10.2 Å². The Hall–Kier alpha value is -1.75. The molecule has 0 amide bonds. The summed E-state index contributed by atoms with van der Waals surface area (Å²) in [5.41, 5.74) is 4.88. The van der Waals surface area contributed by atoms with Crippen LogP contribution in [-0.4, -0.2) is 16.5 Å². The quantitative estimate of drug-likeness (QED) is 0.842. The Kier molecular flexibility index (Phi) is 3.06. The second kappa shape index (κ2) is 4.86. The smallest absolute Gasteiger partial charge is 0.204 e. The highest BCUT2D eigenvalue weighted by molar-refractivity contribution is 7.22. The van der Waals surface area contributed by atoms with Crippen molar-refractivity contribution in [2.45, 2.75) is 25.7 Å². The zero-order valence-corrected chi connectivity index (χ0v) is 10.7. The van der Waals surface area contributed by atoms with E-state index in [-0.39, 0.29) is 5.78 Å². The number of benzene rings is 1. The summed E-state index contributed by atoms with van der Waals surface area (Å²) in [6.45, 7) is 0. The number of fused-ring (bicyclic) bond motifs is 1. The molecule has 92 valence electrons. The van der Waals surface area contributed by atoms with Crippen molar-refractivity contribution < 1.29 is 4.79 Å². The second-order valence-electron chi connectivity index (χ2n) is 4.35. The lowest BCUT2D eigenvalue weighted by Gasteiger charge is -2.10. The highest BCUT2D eigenvalue weighted by atomic mass is 32.1. The molecule has 1 N–H and O–H groups in total. The second-order valence-corrected chi connectivity index (χ2v) is 5.38. The Balaban J connectivity index is 1.76. The fourth-order valence-corrected chi connectivity index (χ4v) is 2.84. The number of aromatic nitrogens is 1. The largest absolute Gasteiger partial charge is 0.299 e. The van der Waals surface area contributed by atoms with Gasteiger partial charge in [-0.25, -0.2) is 4.98 Å². The zero-order chi connectivity index (χ0) is 12.4. The van der Waals surface area contributed by atoms with Crippen LogP contribution in [0.2, 0.25) is 0 Å². The zero-order valence-electron chi connectivity index (χ0n) is 9.85. The number of hydrogen-bond donors (Lipinski definition) is 1. The molecule has 0 spiro atoms. The van der Waals surface area contributed by atoms with Gasteiger partial charge in [-0.1, -0.05) is 23.5 Å². The Morgan fingerprint density at radius 2 is 2.17 bits per heavy atom. The number of Topliss-reactive ketones (excluding diaryl/α,β-unsaturated/α-hetero) is 1. The van der Waals surface area contributed by atoms with Crippen molar-refractivity contribution in [3.05, 3.63) is 24.3 Å². The fourth-order valence-electron chi connectivity index (χ4n) is 2.04. The minimum absolute atomic E-state index is 0.283. The lowest BCUT2D eigenvalue weighted by atomic mass is 9.97. The number of carbonyl (C=O) groups is 1. The number of carbonyl (C=O) groups excluding carboxylic acids is 1. The Morgan fingerprint density at radius 1 is 1.28 bits per heavy atom. The molecular formula is C13H13N3OS. The third-order valence-electron chi connectivity index (χ3n) is 2.93. The number of hydrogen-bond acceptors (Lipinski definition) is 5. The van der Waals surface area contributed by atoms with Crippen LogP contribution in [-0.2, 0) is 4.79 Å². The number of rotatable bonds is 2. The molecule has 5 heteroatoms. The van der Waals surface area contributed by atoms with E-state index in [2.05, 4.69) is 15.5 Å². The first-order valence-electron chi connectivity index (χ1n) is 6.00. The SMILES string of the molecule is O=C1CCC/C(=N\Nc2nc3ccccc3s2)C1. The number of hydrazone groups is 1. The van der Waals surface area contributed by atoms with Gasteiger partial charge < -0.3 is 0 Å². The average molecular weight is 259 g/mol. The molecule has 0 aliphatic heterocycles. The Morgan fingerprint density at radius 3 is 3.00 bits per heavy atom. The van der Waals surface area contributed by atoms with Crippen LogP contribution in [0, 0.1) is 0 Å². The van der Waals surface area contributed by atoms with Crippen LogP contribution in [0.4, 0.5) is 5.13 Å². The molecular weight excluding hydrogens is 246 g/mol. The van der Waals surface area contributed by atoms with E-state index < -0.39 is 0 Å². The number of anilines is 1. The molecule has 1 aliphatic rings. The molecule has 1 aromatic heterocycles. The van der Waals surface area contributed by atoms with Gasteiger partial charge in [-0.3, -0.25) is 10.2 Å². The van der Waals surface area contributed by atoms with Crippen LogP contribution < -0.4 is 5.43 Å². The summed E-state index contributed by atoms with van der Waals surface area (Å²) >= 11 is 1.57. The minimum Gasteiger partial charge on any atom is -0.299 e. The minimum atomic E-state index is 0.283. The molecule has 1 aliphatic carbocycles. The summed E-state index contributed by atoms with van der Waals surface area (Å²) in [4.78, 5) is 15.7. The number of nitrogens with zero attached hydrogens (tertiary/aromatic N) is 2. The maximum Gasteiger partial charge on any atom is 0.204 e. The number of nitrogens with one attached hydrogen (secondary N) is 1. The van der Waals surface area contributed by atoms with Crippen LogP contribution in [0.1, 0.15) is 25.7 Å². The maximum atomic E-state index is 11.3. The number of para-hydroxylation sites is 1. The average Bonchev–Trinajstić information content (AvgIpc) is 2.79. The van der Waals surface area contributed by atoms with Gasteiger partial charge in [0.1, 0.15) is 5.78 Å². The summed E-state index contributed by atoms with van der Waals surface area (Å²) in [6, 6.07) is 7.98. The van der Waals surface area contributed by atoms with E-state index >= 15 is 0 Å². The lowest BCUT2D eigenvalue weighted by molar-refractivity contribution is -0.118. The molecule has 2 aromatic rings. The van der Waals surface area contributed by atoms with Gasteiger partial charge in [-0.2, -0.15) is 5.10 Å². The first-order valence-corrected chi connectivity index (χ1v) is 6.81. The summed E-state index contributed by atoms with van der Waals surface area (Å²) in [7, 11) is 0. The normalized spacial score (nSPS) is 18.4. The van der Waals surface area contributed by atoms with Crippen LogP contribution in [0.15, 0.2) is 29.4 Å². The van der Waals surface area contributed by atoms with Gasteiger partial charge in [0.25, 0.3) is 0 Å². The van der Waals surface area contributed by atoms with E-state index in [1.807, 2.05) is 24.3 Å². The molecule has 3 rings (SSSR count). The van der Waals surface area contributed by atoms with Crippen molar-refractivity contribution in [2.24, 2.45) is 5.10 Å². The third kappa shape index (κ3) is 2.41. The van der Waals surface area contributed by atoms with Crippen molar-refractivity contribution >= 4 is 38.2 Å². The van der Waals surface area contributed by atoms with E-state index in [4.69, 9.17) is 0 Å². The van der Waals surface area contributed by atoms with E-state index in [0.29, 0.717) is 12.8 Å². The molecule has 1 aromatic carbocycles. The van der Waals surface area contributed by atoms with Crippen LogP contribution in [0.3, 0.4) is 0 Å². The Bertz CT molecular complexity index is 584. The van der Waals surface area contributed by atoms with E-state index in [9.17, 15) is 4.79 Å². The van der Waals surface area contributed by atoms with Crippen LogP contribution >= 0.6 is 11.3 Å². The molecule has 0 bridgehead atoms. The van der Waals surface area contributed by atoms with E-state index in [0.717, 1.165) is 33.9 Å². The van der Waals surface area contributed by atoms with Gasteiger partial charge in [0, 0.05) is 18.6 Å². The molecule has 0 radical (unpaired) electrons. The van der Waals surface area contributed by atoms with Gasteiger partial charge >= 0.3 is 0 Å². The molecule has 1 fully saturated rings. The van der Waals surface area contributed by atoms with Gasteiger partial charge in [0.2, 0.25) is 5.13 Å². The Labute approximate surface area is 109 Å². The van der Waals surface area contributed by atoms with Crippen LogP contribution in [0.5, 0.6) is 0 Å². The van der Waals surface area contributed by atoms with E-state index in [1.165, 1.54) is 0 Å². The summed E-state index contributed by atoms with van der Waals surface area (Å²) in [5, 5.41) is 5.07. The topological polar surface area (TPSA) is 54.4 Å². The molecule has 0 unspecified atom stereocenters. The lowest BCUT2D eigenvalue weighted by Crippen LogP contribution is -2.15. The summed E-state index contributed by atoms with van der Waals surface area (Å²) in [5.74, 6) is 0.283. The van der Waals surface area contributed by atoms with Gasteiger partial charge in [0.15, 0.2) is 0 Å². The maximum absolute atomic E-state index is 11.3. The molecule has 0 atom stereocenters. The first kappa shape index (κ1) is 11.3. The van der Waals surface area contributed by atoms with Crippen molar-refractivity contribution in [1.82, 2.24) is 4.98 Å². The molecule has 0 saturated heterocycles. The van der Waals surface area contributed by atoms with Gasteiger partial charge in [-0.15, -0.1) is 0 Å². The number of ketones is 1. The molecule has 1 heterocycles.